The van der Waals surface area contributed by atoms with Gasteiger partial charge in [-0.2, -0.15) is 13.2 Å². The molecule has 0 bridgehead atoms. The van der Waals surface area contributed by atoms with Gasteiger partial charge >= 0.3 is 6.18 Å². The SMILES string of the molecule is Cc1nc(C(=O)N2CCC[C@H](C)[C@H]2CCc2ccc(C(F)(F)F)cn2)c(-c2ccc(F)cc2)s1. The average molecular weight is 492 g/mol. The fourth-order valence-corrected chi connectivity index (χ4v) is 5.40. The van der Waals surface area contributed by atoms with E-state index in [0.29, 0.717) is 35.7 Å². The number of piperidine rings is 1. The van der Waals surface area contributed by atoms with Crippen molar-refractivity contribution in [2.75, 3.05) is 6.54 Å². The second kappa shape index (κ2) is 9.82. The second-order valence-electron chi connectivity index (χ2n) is 8.68. The number of carbonyl (C=O) groups excluding carboxylic acids is 1. The Hall–Kier alpha value is -2.81. The third-order valence-electron chi connectivity index (χ3n) is 6.27. The van der Waals surface area contributed by atoms with Gasteiger partial charge in [0.15, 0.2) is 0 Å². The van der Waals surface area contributed by atoms with Crippen molar-refractivity contribution in [2.24, 2.45) is 5.92 Å². The Morgan fingerprint density at radius 2 is 1.91 bits per heavy atom. The van der Waals surface area contributed by atoms with Gasteiger partial charge in [0.25, 0.3) is 5.91 Å². The lowest BCUT2D eigenvalue weighted by molar-refractivity contribution is -0.137. The number of halogens is 4. The molecule has 180 valence electrons. The van der Waals surface area contributed by atoms with Crippen LogP contribution >= 0.6 is 11.3 Å². The van der Waals surface area contributed by atoms with E-state index in [4.69, 9.17) is 0 Å². The lowest BCUT2D eigenvalue weighted by Gasteiger charge is -2.40. The van der Waals surface area contributed by atoms with Gasteiger partial charge in [-0.25, -0.2) is 9.37 Å². The van der Waals surface area contributed by atoms with E-state index in [2.05, 4.69) is 16.9 Å². The van der Waals surface area contributed by atoms with Gasteiger partial charge in [-0.05, 0) is 68.4 Å². The zero-order valence-electron chi connectivity index (χ0n) is 18.9. The molecule has 1 aromatic carbocycles. The Morgan fingerprint density at radius 1 is 1.18 bits per heavy atom. The number of aryl methyl sites for hydroxylation is 2. The monoisotopic (exact) mass is 491 g/mol. The Balaban J connectivity index is 1.54. The molecule has 1 saturated heterocycles. The van der Waals surface area contributed by atoms with Crippen molar-refractivity contribution < 1.29 is 22.4 Å². The van der Waals surface area contributed by atoms with E-state index in [1.807, 2.05) is 11.8 Å². The number of pyridine rings is 1. The summed E-state index contributed by atoms with van der Waals surface area (Å²) in [6.07, 6.45) is -0.652. The van der Waals surface area contributed by atoms with Crippen molar-refractivity contribution in [1.82, 2.24) is 14.9 Å². The molecule has 4 nitrogen and oxygen atoms in total. The van der Waals surface area contributed by atoms with Crippen LogP contribution in [0.15, 0.2) is 42.6 Å². The summed E-state index contributed by atoms with van der Waals surface area (Å²) in [5.74, 6) is -0.276. The van der Waals surface area contributed by atoms with E-state index in [-0.39, 0.29) is 23.7 Å². The van der Waals surface area contributed by atoms with Crippen LogP contribution in [0.4, 0.5) is 17.6 Å². The number of likely N-dealkylation sites (tertiary alicyclic amines) is 1. The van der Waals surface area contributed by atoms with Crippen LogP contribution in [0.25, 0.3) is 10.4 Å². The van der Waals surface area contributed by atoms with Crippen LogP contribution in [0.2, 0.25) is 0 Å². The van der Waals surface area contributed by atoms with Crippen molar-refractivity contribution in [2.45, 2.75) is 51.7 Å². The predicted molar refractivity (Wildman–Crippen MR) is 123 cm³/mol. The van der Waals surface area contributed by atoms with E-state index < -0.39 is 11.7 Å². The molecule has 9 heteroatoms. The summed E-state index contributed by atoms with van der Waals surface area (Å²) >= 11 is 1.40. The maximum Gasteiger partial charge on any atom is 0.417 e. The molecule has 34 heavy (non-hydrogen) atoms. The highest BCUT2D eigenvalue weighted by atomic mass is 32.1. The highest BCUT2D eigenvalue weighted by Crippen LogP contribution is 2.34. The quantitative estimate of drug-likeness (QED) is 0.381. The molecule has 1 aliphatic heterocycles. The van der Waals surface area contributed by atoms with Crippen LogP contribution in [0, 0.1) is 18.7 Å². The van der Waals surface area contributed by atoms with Gasteiger partial charge in [0.2, 0.25) is 0 Å². The summed E-state index contributed by atoms with van der Waals surface area (Å²) in [6.45, 7) is 4.52. The number of thiazole rings is 1. The van der Waals surface area contributed by atoms with Gasteiger partial charge < -0.3 is 4.90 Å². The van der Waals surface area contributed by atoms with E-state index >= 15 is 0 Å². The van der Waals surface area contributed by atoms with Crippen LogP contribution in [0.5, 0.6) is 0 Å². The first kappa shape index (κ1) is 24.3. The van der Waals surface area contributed by atoms with Crippen molar-refractivity contribution in [3.8, 4) is 10.4 Å². The fourth-order valence-electron chi connectivity index (χ4n) is 4.48. The Bertz CT molecular complexity index is 1140. The molecule has 0 aliphatic carbocycles. The van der Waals surface area contributed by atoms with Crippen molar-refractivity contribution >= 4 is 17.2 Å². The molecule has 4 rings (SSSR count). The molecule has 0 unspecified atom stereocenters. The van der Waals surface area contributed by atoms with Gasteiger partial charge in [-0.15, -0.1) is 11.3 Å². The standard InChI is InChI=1S/C25H25F4N3OS/c1-15-4-3-13-32(21(15)12-11-20-10-7-18(14-30-20)25(27,28)29)24(33)22-23(34-16(2)31-22)17-5-8-19(26)9-6-17/h5-10,14-15,21H,3-4,11-13H2,1-2H3/t15-,21+/m0/s1. The Kier molecular flexibility index (Phi) is 7.02. The van der Waals surface area contributed by atoms with Crippen LogP contribution in [0.3, 0.4) is 0 Å². The van der Waals surface area contributed by atoms with Crippen molar-refractivity contribution in [3.63, 3.8) is 0 Å². The third-order valence-corrected chi connectivity index (χ3v) is 7.29. The summed E-state index contributed by atoms with van der Waals surface area (Å²) in [4.78, 5) is 24.7. The molecule has 1 amide bonds. The minimum Gasteiger partial charge on any atom is -0.334 e. The largest absolute Gasteiger partial charge is 0.417 e. The van der Waals surface area contributed by atoms with Gasteiger partial charge in [-0.3, -0.25) is 9.78 Å². The first-order chi connectivity index (χ1) is 16.1. The zero-order chi connectivity index (χ0) is 24.5. The predicted octanol–water partition coefficient (Wildman–Crippen LogP) is 6.54. The molecule has 2 aromatic heterocycles. The Morgan fingerprint density at radius 3 is 2.56 bits per heavy atom. The van der Waals surface area contributed by atoms with Crippen LogP contribution < -0.4 is 0 Å². The molecular weight excluding hydrogens is 466 g/mol. The first-order valence-electron chi connectivity index (χ1n) is 11.2. The lowest BCUT2D eigenvalue weighted by Crippen LogP contribution is -2.48. The maximum absolute atomic E-state index is 13.7. The summed E-state index contributed by atoms with van der Waals surface area (Å²) in [5, 5.41) is 0.748. The van der Waals surface area contributed by atoms with E-state index in [1.54, 1.807) is 12.1 Å². The number of hydrogen-bond donors (Lipinski definition) is 0. The third kappa shape index (κ3) is 5.29. The van der Waals surface area contributed by atoms with Crippen LogP contribution in [-0.4, -0.2) is 33.4 Å². The molecule has 0 spiro atoms. The van der Waals surface area contributed by atoms with E-state index in [9.17, 15) is 22.4 Å². The molecule has 3 aromatic rings. The molecule has 0 saturated carbocycles. The first-order valence-corrected chi connectivity index (χ1v) is 12.0. The van der Waals surface area contributed by atoms with Gasteiger partial charge in [0, 0.05) is 24.5 Å². The van der Waals surface area contributed by atoms with Gasteiger partial charge in [0.05, 0.1) is 15.4 Å². The number of amides is 1. The number of carbonyl (C=O) groups is 1. The summed E-state index contributed by atoms with van der Waals surface area (Å²) < 4.78 is 51.9. The smallest absolute Gasteiger partial charge is 0.334 e. The molecule has 0 radical (unpaired) electrons. The number of hydrogen-bond acceptors (Lipinski definition) is 4. The molecule has 2 atom stereocenters. The molecule has 0 N–H and O–H groups in total. The van der Waals surface area contributed by atoms with E-state index in [1.165, 1.54) is 29.5 Å². The van der Waals surface area contributed by atoms with Crippen LogP contribution in [-0.2, 0) is 12.6 Å². The summed E-state index contributed by atoms with van der Waals surface area (Å²) in [7, 11) is 0. The topological polar surface area (TPSA) is 46.1 Å². The molecule has 1 fully saturated rings. The molecule has 3 heterocycles. The lowest BCUT2D eigenvalue weighted by atomic mass is 9.87. The summed E-state index contributed by atoms with van der Waals surface area (Å²) in [5.41, 5.74) is 0.896. The Labute approximate surface area is 199 Å². The van der Waals surface area contributed by atoms with E-state index in [0.717, 1.165) is 35.7 Å². The normalized spacial score (nSPS) is 18.8. The van der Waals surface area contributed by atoms with Crippen LogP contribution in [0.1, 0.15) is 52.9 Å². The second-order valence-corrected chi connectivity index (χ2v) is 9.88. The summed E-state index contributed by atoms with van der Waals surface area (Å²) in [6, 6.07) is 8.38. The highest BCUT2D eigenvalue weighted by Gasteiger charge is 2.35. The zero-order valence-corrected chi connectivity index (χ0v) is 19.7. The number of nitrogens with zero attached hydrogens (tertiary/aromatic N) is 3. The van der Waals surface area contributed by atoms with Crippen molar-refractivity contribution in [1.29, 1.82) is 0 Å². The minimum absolute atomic E-state index is 0.0755. The van der Waals surface area contributed by atoms with Gasteiger partial charge in [0.1, 0.15) is 11.5 Å². The number of rotatable bonds is 5. The van der Waals surface area contributed by atoms with Crippen molar-refractivity contribution in [3.05, 3.63) is 70.4 Å². The molecule has 1 aliphatic rings. The number of aromatic nitrogens is 2. The number of alkyl halides is 3. The fraction of sp³-hybridized carbons (Fsp3) is 0.400. The number of benzene rings is 1. The molecular formula is C25H25F4N3OS. The minimum atomic E-state index is -4.42. The average Bonchev–Trinajstić information content (AvgIpc) is 3.19. The van der Waals surface area contributed by atoms with Gasteiger partial charge in [-0.1, -0.05) is 19.1 Å². The highest BCUT2D eigenvalue weighted by molar-refractivity contribution is 7.15. The maximum atomic E-state index is 13.7.